The van der Waals surface area contributed by atoms with E-state index in [1.807, 2.05) is 30.3 Å². The molecule has 0 saturated carbocycles. The summed E-state index contributed by atoms with van der Waals surface area (Å²) < 4.78 is 1.28. The number of aryl methyl sites for hydroxylation is 1. The molecular formula is C22H22N4O3. The van der Waals surface area contributed by atoms with Gasteiger partial charge in [0.15, 0.2) is 0 Å². The number of carbonyl (C=O) groups is 2. The number of para-hydroxylation sites is 2. The molecular weight excluding hydrogens is 368 g/mol. The first-order valence-electron chi connectivity index (χ1n) is 9.72. The van der Waals surface area contributed by atoms with Crippen molar-refractivity contribution in [3.63, 3.8) is 0 Å². The van der Waals surface area contributed by atoms with Crippen LogP contribution in [0, 0.1) is 0 Å². The largest absolute Gasteiger partial charge is 0.354 e. The maximum absolute atomic E-state index is 12.6. The van der Waals surface area contributed by atoms with Gasteiger partial charge in [-0.15, -0.1) is 0 Å². The molecule has 0 fully saturated rings. The molecule has 0 atom stereocenters. The summed E-state index contributed by atoms with van der Waals surface area (Å²) >= 11 is 0. The molecule has 0 spiro atoms. The Balaban J connectivity index is 1.33. The quantitative estimate of drug-likeness (QED) is 0.721. The van der Waals surface area contributed by atoms with Gasteiger partial charge in [-0.1, -0.05) is 30.3 Å². The topological polar surface area (TPSA) is 84.3 Å². The molecule has 0 aliphatic carbocycles. The van der Waals surface area contributed by atoms with Gasteiger partial charge in [-0.2, -0.15) is 0 Å². The number of aromatic nitrogens is 2. The summed E-state index contributed by atoms with van der Waals surface area (Å²) in [6, 6.07) is 14.9. The Hall–Kier alpha value is -3.48. The number of nitrogens with one attached hydrogen (secondary N) is 1. The van der Waals surface area contributed by atoms with Crippen LogP contribution < -0.4 is 15.8 Å². The number of hydrogen-bond acceptors (Lipinski definition) is 4. The first kappa shape index (κ1) is 18.9. The number of carbonyl (C=O) groups excluding carboxylic acids is 2. The molecule has 7 nitrogen and oxygen atoms in total. The normalized spacial score (nSPS) is 13.2. The Morgan fingerprint density at radius 1 is 1.07 bits per heavy atom. The van der Waals surface area contributed by atoms with E-state index in [-0.39, 0.29) is 36.9 Å². The van der Waals surface area contributed by atoms with Crippen LogP contribution in [0.3, 0.4) is 0 Å². The molecule has 4 rings (SSSR count). The molecule has 0 unspecified atom stereocenters. The fraction of sp³-hybridized carbons (Fsp3) is 0.273. The van der Waals surface area contributed by atoms with E-state index in [9.17, 15) is 14.4 Å². The first-order chi connectivity index (χ1) is 14.1. The molecule has 3 aromatic rings. The summed E-state index contributed by atoms with van der Waals surface area (Å²) in [4.78, 5) is 43.3. The van der Waals surface area contributed by atoms with Gasteiger partial charge in [-0.05, 0) is 36.6 Å². The van der Waals surface area contributed by atoms with Crippen LogP contribution in [0.25, 0.3) is 10.9 Å². The summed E-state index contributed by atoms with van der Waals surface area (Å²) in [7, 11) is 0. The molecule has 1 aromatic heterocycles. The number of benzene rings is 2. The van der Waals surface area contributed by atoms with E-state index in [2.05, 4.69) is 10.3 Å². The summed E-state index contributed by atoms with van der Waals surface area (Å²) in [5.41, 5.74) is 2.48. The van der Waals surface area contributed by atoms with Crippen LogP contribution in [-0.4, -0.2) is 34.5 Å². The van der Waals surface area contributed by atoms with Crippen LogP contribution in [-0.2, 0) is 22.6 Å². The van der Waals surface area contributed by atoms with Gasteiger partial charge < -0.3 is 10.2 Å². The molecule has 2 amide bonds. The minimum Gasteiger partial charge on any atom is -0.354 e. The van der Waals surface area contributed by atoms with Crippen LogP contribution in [0.4, 0.5) is 5.69 Å². The highest BCUT2D eigenvalue weighted by Crippen LogP contribution is 2.26. The number of fused-ring (bicyclic) bond motifs is 2. The van der Waals surface area contributed by atoms with Crippen LogP contribution in [0.5, 0.6) is 0 Å². The van der Waals surface area contributed by atoms with E-state index >= 15 is 0 Å². The van der Waals surface area contributed by atoms with Gasteiger partial charge in [0.1, 0.15) is 6.54 Å². The number of hydrogen-bond donors (Lipinski definition) is 1. The van der Waals surface area contributed by atoms with Gasteiger partial charge in [0.05, 0.1) is 17.2 Å². The van der Waals surface area contributed by atoms with E-state index < -0.39 is 0 Å². The SMILES string of the molecule is O=C(Cn1cnc2ccccc2c1=O)NCCC(=O)N1CCCc2ccccc21. The lowest BCUT2D eigenvalue weighted by molar-refractivity contribution is -0.122. The van der Waals surface area contributed by atoms with Gasteiger partial charge in [-0.25, -0.2) is 4.98 Å². The predicted molar refractivity (Wildman–Crippen MR) is 111 cm³/mol. The van der Waals surface area contributed by atoms with Gasteiger partial charge in [-0.3, -0.25) is 19.0 Å². The van der Waals surface area contributed by atoms with E-state index in [1.54, 1.807) is 23.1 Å². The number of rotatable bonds is 5. The summed E-state index contributed by atoms with van der Waals surface area (Å²) in [5, 5.41) is 3.20. The number of amides is 2. The van der Waals surface area contributed by atoms with Crippen molar-refractivity contribution in [1.29, 1.82) is 0 Å². The maximum atomic E-state index is 12.6. The van der Waals surface area contributed by atoms with Crippen molar-refractivity contribution in [1.82, 2.24) is 14.9 Å². The molecule has 148 valence electrons. The van der Waals surface area contributed by atoms with Crippen molar-refractivity contribution in [2.45, 2.75) is 25.8 Å². The second-order valence-corrected chi connectivity index (χ2v) is 7.07. The minimum atomic E-state index is -0.323. The molecule has 2 aromatic carbocycles. The monoisotopic (exact) mass is 390 g/mol. The van der Waals surface area contributed by atoms with Crippen LogP contribution in [0.15, 0.2) is 59.7 Å². The Bertz CT molecular complexity index is 1120. The van der Waals surface area contributed by atoms with Crippen LogP contribution in [0.1, 0.15) is 18.4 Å². The molecule has 7 heteroatoms. The fourth-order valence-corrected chi connectivity index (χ4v) is 3.67. The lowest BCUT2D eigenvalue weighted by Gasteiger charge is -2.29. The van der Waals surface area contributed by atoms with E-state index in [0.29, 0.717) is 17.4 Å². The number of nitrogens with zero attached hydrogens (tertiary/aromatic N) is 3. The minimum absolute atomic E-state index is 0.0120. The van der Waals surface area contributed by atoms with Gasteiger partial charge in [0.25, 0.3) is 5.56 Å². The third-order valence-corrected chi connectivity index (χ3v) is 5.12. The maximum Gasteiger partial charge on any atom is 0.261 e. The Labute approximate surface area is 168 Å². The highest BCUT2D eigenvalue weighted by Gasteiger charge is 2.21. The second kappa shape index (κ2) is 8.26. The highest BCUT2D eigenvalue weighted by atomic mass is 16.2. The van der Waals surface area contributed by atoms with E-state index in [4.69, 9.17) is 0 Å². The van der Waals surface area contributed by atoms with Crippen molar-refractivity contribution in [3.05, 3.63) is 70.8 Å². The predicted octanol–water partition coefficient (Wildman–Crippen LogP) is 1.88. The fourth-order valence-electron chi connectivity index (χ4n) is 3.67. The zero-order valence-electron chi connectivity index (χ0n) is 16.0. The molecule has 2 heterocycles. The molecule has 0 saturated heterocycles. The summed E-state index contributed by atoms with van der Waals surface area (Å²) in [6.07, 6.45) is 3.50. The third kappa shape index (κ3) is 4.03. The van der Waals surface area contributed by atoms with Crippen molar-refractivity contribution in [2.75, 3.05) is 18.0 Å². The van der Waals surface area contributed by atoms with Crippen LogP contribution in [0.2, 0.25) is 0 Å². The van der Waals surface area contributed by atoms with Crippen molar-refractivity contribution < 1.29 is 9.59 Å². The average molecular weight is 390 g/mol. The Morgan fingerprint density at radius 2 is 1.86 bits per heavy atom. The lowest BCUT2D eigenvalue weighted by atomic mass is 10.0. The smallest absolute Gasteiger partial charge is 0.261 e. The van der Waals surface area contributed by atoms with Gasteiger partial charge in [0, 0.05) is 25.2 Å². The lowest BCUT2D eigenvalue weighted by Crippen LogP contribution is -2.38. The zero-order valence-corrected chi connectivity index (χ0v) is 16.0. The Morgan fingerprint density at radius 3 is 2.76 bits per heavy atom. The van der Waals surface area contributed by atoms with Crippen molar-refractivity contribution in [3.8, 4) is 0 Å². The average Bonchev–Trinajstić information content (AvgIpc) is 2.75. The summed E-state index contributed by atoms with van der Waals surface area (Å²) in [6.45, 7) is 0.797. The van der Waals surface area contributed by atoms with Crippen molar-refractivity contribution >= 4 is 28.4 Å². The zero-order chi connectivity index (χ0) is 20.2. The standard InChI is InChI=1S/C22H22N4O3/c27-20(14-25-15-24-18-9-3-2-8-17(18)22(25)29)23-12-11-21(28)26-13-5-7-16-6-1-4-10-19(16)26/h1-4,6,8-10,15H,5,7,11-14H2,(H,23,27). The number of anilines is 1. The molecule has 0 bridgehead atoms. The summed E-state index contributed by atoms with van der Waals surface area (Å²) in [5.74, 6) is -0.335. The molecule has 1 N–H and O–H groups in total. The second-order valence-electron chi connectivity index (χ2n) is 7.07. The molecule has 1 aliphatic heterocycles. The Kier molecular flexibility index (Phi) is 5.37. The van der Waals surface area contributed by atoms with Gasteiger partial charge >= 0.3 is 0 Å². The van der Waals surface area contributed by atoms with Gasteiger partial charge in [0.2, 0.25) is 11.8 Å². The van der Waals surface area contributed by atoms with E-state index in [1.165, 1.54) is 16.5 Å². The van der Waals surface area contributed by atoms with Crippen molar-refractivity contribution in [2.24, 2.45) is 0 Å². The molecule has 29 heavy (non-hydrogen) atoms. The first-order valence-corrected chi connectivity index (χ1v) is 9.72. The van der Waals surface area contributed by atoms with E-state index in [0.717, 1.165) is 18.5 Å². The third-order valence-electron chi connectivity index (χ3n) is 5.12. The highest BCUT2D eigenvalue weighted by molar-refractivity contribution is 5.95. The molecule has 0 radical (unpaired) electrons. The molecule has 1 aliphatic rings. The van der Waals surface area contributed by atoms with Crippen LogP contribution >= 0.6 is 0 Å².